The number of rotatable bonds is 3. The Hall–Kier alpha value is -1.91. The molecule has 0 saturated heterocycles. The Bertz CT molecular complexity index is 734. The van der Waals surface area contributed by atoms with Crippen LogP contribution in [0.5, 0.6) is 0 Å². The van der Waals surface area contributed by atoms with Crippen LogP contribution in [0.15, 0.2) is 65.5 Å². The van der Waals surface area contributed by atoms with Crippen LogP contribution >= 0.6 is 15.9 Å². The first kappa shape index (κ1) is 13.1. The van der Waals surface area contributed by atoms with Crippen molar-refractivity contribution in [1.82, 2.24) is 9.55 Å². The molecule has 2 N–H and O–H groups in total. The molecular weight excluding hydrogens is 314 g/mol. The fourth-order valence-electron chi connectivity index (χ4n) is 2.27. The van der Waals surface area contributed by atoms with Gasteiger partial charge >= 0.3 is 0 Å². The van der Waals surface area contributed by atoms with Gasteiger partial charge in [0.05, 0.1) is 23.9 Å². The van der Waals surface area contributed by atoms with Crippen LogP contribution in [0.1, 0.15) is 5.56 Å². The third-order valence-electron chi connectivity index (χ3n) is 3.23. The zero-order chi connectivity index (χ0) is 13.9. The van der Waals surface area contributed by atoms with E-state index in [1.165, 1.54) is 0 Å². The average Bonchev–Trinajstić information content (AvgIpc) is 2.96. The highest BCUT2D eigenvalue weighted by molar-refractivity contribution is 9.10. The zero-order valence-electron chi connectivity index (χ0n) is 10.8. The second-order valence-electron chi connectivity index (χ2n) is 4.49. The Kier molecular flexibility index (Phi) is 3.67. The molecule has 0 fully saturated rings. The van der Waals surface area contributed by atoms with Crippen LogP contribution in [0.4, 0.5) is 0 Å². The lowest BCUT2D eigenvalue weighted by atomic mass is 10.1. The molecule has 0 unspecified atom stereocenters. The average molecular weight is 328 g/mol. The molecular formula is C16H14BrN3. The number of nitrogens with two attached hydrogens (primary N) is 1. The number of halogens is 1. The summed E-state index contributed by atoms with van der Waals surface area (Å²) in [7, 11) is 0. The molecule has 2 aromatic carbocycles. The van der Waals surface area contributed by atoms with Crippen LogP contribution in [0, 0.1) is 0 Å². The second-order valence-corrected chi connectivity index (χ2v) is 5.41. The van der Waals surface area contributed by atoms with Gasteiger partial charge in [0.2, 0.25) is 0 Å². The lowest BCUT2D eigenvalue weighted by Gasteiger charge is -2.12. The summed E-state index contributed by atoms with van der Waals surface area (Å²) in [5.74, 6) is 0. The molecule has 100 valence electrons. The smallest absolute Gasteiger partial charge is 0.0997 e. The summed E-state index contributed by atoms with van der Waals surface area (Å²) in [6.07, 6.45) is 3.69. The number of nitrogens with zero attached hydrogens (tertiary/aromatic N) is 2. The van der Waals surface area contributed by atoms with Gasteiger partial charge in [-0.15, -0.1) is 0 Å². The number of para-hydroxylation sites is 1. The van der Waals surface area contributed by atoms with Gasteiger partial charge in [-0.2, -0.15) is 0 Å². The maximum Gasteiger partial charge on any atom is 0.0997 e. The lowest BCUT2D eigenvalue weighted by molar-refractivity contribution is 0.987. The van der Waals surface area contributed by atoms with Crippen molar-refractivity contribution in [2.45, 2.75) is 6.54 Å². The molecule has 0 spiro atoms. The van der Waals surface area contributed by atoms with Gasteiger partial charge in [0.15, 0.2) is 0 Å². The van der Waals surface area contributed by atoms with Gasteiger partial charge in [-0.3, -0.25) is 4.57 Å². The molecule has 1 aromatic heterocycles. The Balaban J connectivity index is 2.15. The summed E-state index contributed by atoms with van der Waals surface area (Å²) in [6.45, 7) is 0.506. The van der Waals surface area contributed by atoms with E-state index in [-0.39, 0.29) is 0 Å². The van der Waals surface area contributed by atoms with Crippen molar-refractivity contribution in [3.05, 3.63) is 71.1 Å². The molecule has 0 radical (unpaired) electrons. The minimum atomic E-state index is 0.506. The number of aromatic nitrogens is 2. The highest BCUT2D eigenvalue weighted by Gasteiger charge is 2.09. The number of hydrogen-bond donors (Lipinski definition) is 1. The van der Waals surface area contributed by atoms with Gasteiger partial charge in [-0.05, 0) is 23.8 Å². The SMILES string of the molecule is NCc1ccccc1-n1cncc1-c1cccc(Br)c1. The molecule has 3 nitrogen and oxygen atoms in total. The van der Waals surface area contributed by atoms with Crippen LogP contribution in [-0.2, 0) is 6.54 Å². The fourth-order valence-corrected chi connectivity index (χ4v) is 2.67. The molecule has 0 atom stereocenters. The molecule has 0 aliphatic carbocycles. The first-order chi connectivity index (χ1) is 9.79. The van der Waals surface area contributed by atoms with E-state index in [9.17, 15) is 0 Å². The van der Waals surface area contributed by atoms with Gasteiger partial charge in [0.1, 0.15) is 0 Å². The molecule has 0 amide bonds. The van der Waals surface area contributed by atoms with Gasteiger partial charge in [-0.25, -0.2) is 4.98 Å². The van der Waals surface area contributed by atoms with E-state index in [0.717, 1.165) is 27.0 Å². The topological polar surface area (TPSA) is 43.8 Å². The van der Waals surface area contributed by atoms with Crippen LogP contribution in [-0.4, -0.2) is 9.55 Å². The summed E-state index contributed by atoms with van der Waals surface area (Å²) in [6, 6.07) is 16.3. The predicted molar refractivity (Wildman–Crippen MR) is 84.6 cm³/mol. The summed E-state index contributed by atoms with van der Waals surface area (Å²) >= 11 is 3.51. The first-order valence-corrected chi connectivity index (χ1v) is 7.15. The highest BCUT2D eigenvalue weighted by atomic mass is 79.9. The summed E-state index contributed by atoms with van der Waals surface area (Å²) in [4.78, 5) is 4.29. The Labute approximate surface area is 126 Å². The van der Waals surface area contributed by atoms with Crippen molar-refractivity contribution in [3.63, 3.8) is 0 Å². The van der Waals surface area contributed by atoms with Crippen molar-refractivity contribution in [3.8, 4) is 16.9 Å². The Morgan fingerprint density at radius 1 is 1.10 bits per heavy atom. The maximum absolute atomic E-state index is 5.83. The highest BCUT2D eigenvalue weighted by Crippen LogP contribution is 2.26. The largest absolute Gasteiger partial charge is 0.326 e. The first-order valence-electron chi connectivity index (χ1n) is 6.36. The van der Waals surface area contributed by atoms with Crippen molar-refractivity contribution in [2.24, 2.45) is 5.73 Å². The molecule has 0 aliphatic heterocycles. The predicted octanol–water partition coefficient (Wildman–Crippen LogP) is 3.76. The van der Waals surface area contributed by atoms with Gasteiger partial charge in [0.25, 0.3) is 0 Å². The van der Waals surface area contributed by atoms with Crippen LogP contribution in [0.25, 0.3) is 16.9 Å². The van der Waals surface area contributed by atoms with E-state index >= 15 is 0 Å². The third kappa shape index (κ3) is 2.40. The van der Waals surface area contributed by atoms with E-state index in [4.69, 9.17) is 5.73 Å². The Morgan fingerprint density at radius 3 is 2.75 bits per heavy atom. The molecule has 3 rings (SSSR count). The molecule has 4 heteroatoms. The summed E-state index contributed by atoms with van der Waals surface area (Å²) in [5.41, 5.74) is 10.2. The van der Waals surface area contributed by atoms with Crippen molar-refractivity contribution in [1.29, 1.82) is 0 Å². The van der Waals surface area contributed by atoms with E-state index in [0.29, 0.717) is 6.54 Å². The van der Waals surface area contributed by atoms with Crippen LogP contribution in [0.2, 0.25) is 0 Å². The minimum Gasteiger partial charge on any atom is -0.326 e. The van der Waals surface area contributed by atoms with Crippen molar-refractivity contribution >= 4 is 15.9 Å². The number of benzene rings is 2. The van der Waals surface area contributed by atoms with E-state index in [1.54, 1.807) is 0 Å². The standard InChI is InChI=1S/C16H14BrN3/c17-14-6-3-5-12(8-14)16-10-19-11-20(16)15-7-2-1-4-13(15)9-18/h1-8,10-11H,9,18H2. The van der Waals surface area contributed by atoms with Crippen LogP contribution < -0.4 is 5.73 Å². The van der Waals surface area contributed by atoms with E-state index in [1.807, 2.05) is 42.9 Å². The quantitative estimate of drug-likeness (QED) is 0.795. The van der Waals surface area contributed by atoms with Crippen molar-refractivity contribution in [2.75, 3.05) is 0 Å². The van der Waals surface area contributed by atoms with E-state index < -0.39 is 0 Å². The monoisotopic (exact) mass is 327 g/mol. The van der Waals surface area contributed by atoms with Gasteiger partial charge in [0, 0.05) is 16.6 Å². The lowest BCUT2D eigenvalue weighted by Crippen LogP contribution is -2.04. The number of imidazole rings is 1. The summed E-state index contributed by atoms with van der Waals surface area (Å²) in [5, 5.41) is 0. The molecule has 0 saturated carbocycles. The molecule has 0 aliphatic rings. The normalized spacial score (nSPS) is 10.7. The third-order valence-corrected chi connectivity index (χ3v) is 3.72. The van der Waals surface area contributed by atoms with E-state index in [2.05, 4.69) is 43.7 Å². The second kappa shape index (κ2) is 5.61. The molecule has 20 heavy (non-hydrogen) atoms. The number of hydrogen-bond acceptors (Lipinski definition) is 2. The van der Waals surface area contributed by atoms with Crippen molar-refractivity contribution < 1.29 is 0 Å². The molecule has 3 aromatic rings. The summed E-state index contributed by atoms with van der Waals surface area (Å²) < 4.78 is 3.12. The molecule has 0 bridgehead atoms. The Morgan fingerprint density at radius 2 is 1.95 bits per heavy atom. The minimum absolute atomic E-state index is 0.506. The molecule has 1 heterocycles. The zero-order valence-corrected chi connectivity index (χ0v) is 12.4. The van der Waals surface area contributed by atoms with Crippen LogP contribution in [0.3, 0.4) is 0 Å². The fraction of sp³-hybridized carbons (Fsp3) is 0.0625. The van der Waals surface area contributed by atoms with Gasteiger partial charge < -0.3 is 5.73 Å². The van der Waals surface area contributed by atoms with Gasteiger partial charge in [-0.1, -0.05) is 46.3 Å². The maximum atomic E-state index is 5.83.